The van der Waals surface area contributed by atoms with Crippen molar-refractivity contribution in [2.45, 2.75) is 25.8 Å². The van der Waals surface area contributed by atoms with Gasteiger partial charge in [-0.05, 0) is 40.0 Å². The standard InChI is InChI=1S/C14H19BrN4O/c1-3-4-9-20-11-7-5-10(6-8-11)12(16)13-14(15)17-18-19(13)2/h5-8,12H,3-4,9,16H2,1-2H3. The number of hydrogen-bond donors (Lipinski definition) is 1. The van der Waals surface area contributed by atoms with E-state index >= 15 is 0 Å². The molecule has 0 saturated heterocycles. The number of unbranched alkanes of at least 4 members (excludes halogenated alkanes) is 1. The highest BCUT2D eigenvalue weighted by Crippen LogP contribution is 2.25. The minimum atomic E-state index is -0.269. The Labute approximate surface area is 127 Å². The minimum absolute atomic E-state index is 0.269. The van der Waals surface area contributed by atoms with Crippen molar-refractivity contribution in [1.82, 2.24) is 15.0 Å². The van der Waals surface area contributed by atoms with Crippen LogP contribution in [0.5, 0.6) is 5.75 Å². The van der Waals surface area contributed by atoms with E-state index in [1.54, 1.807) is 4.68 Å². The van der Waals surface area contributed by atoms with Crippen molar-refractivity contribution in [2.75, 3.05) is 6.61 Å². The summed E-state index contributed by atoms with van der Waals surface area (Å²) < 4.78 is 8.00. The number of nitrogens with zero attached hydrogens (tertiary/aromatic N) is 3. The molecule has 0 aliphatic rings. The molecule has 5 nitrogen and oxygen atoms in total. The number of aryl methyl sites for hydroxylation is 1. The van der Waals surface area contributed by atoms with Crippen LogP contribution in [0, 0.1) is 0 Å². The van der Waals surface area contributed by atoms with Crippen molar-refractivity contribution in [2.24, 2.45) is 12.8 Å². The van der Waals surface area contributed by atoms with Gasteiger partial charge in [-0.3, -0.25) is 0 Å². The topological polar surface area (TPSA) is 66.0 Å². The second-order valence-corrected chi connectivity index (χ2v) is 5.39. The number of nitrogens with two attached hydrogens (primary N) is 1. The molecule has 0 radical (unpaired) electrons. The number of ether oxygens (including phenoxy) is 1. The van der Waals surface area contributed by atoms with Crippen LogP contribution in [0.2, 0.25) is 0 Å². The molecule has 2 N–H and O–H groups in total. The third-order valence-electron chi connectivity index (χ3n) is 3.13. The zero-order valence-electron chi connectivity index (χ0n) is 11.7. The fraction of sp³-hybridized carbons (Fsp3) is 0.429. The largest absolute Gasteiger partial charge is 0.494 e. The smallest absolute Gasteiger partial charge is 0.153 e. The highest BCUT2D eigenvalue weighted by molar-refractivity contribution is 9.10. The van der Waals surface area contributed by atoms with Gasteiger partial charge in [-0.2, -0.15) is 0 Å². The van der Waals surface area contributed by atoms with Crippen LogP contribution >= 0.6 is 15.9 Å². The van der Waals surface area contributed by atoms with Crippen LogP contribution in [0.15, 0.2) is 28.9 Å². The summed E-state index contributed by atoms with van der Waals surface area (Å²) in [6.07, 6.45) is 2.19. The van der Waals surface area contributed by atoms with E-state index in [0.29, 0.717) is 4.60 Å². The summed E-state index contributed by atoms with van der Waals surface area (Å²) in [6.45, 7) is 2.89. The van der Waals surface area contributed by atoms with Gasteiger partial charge in [0.1, 0.15) is 5.75 Å². The molecule has 20 heavy (non-hydrogen) atoms. The Morgan fingerprint density at radius 2 is 2.05 bits per heavy atom. The Kier molecular flexibility index (Phi) is 5.14. The Balaban J connectivity index is 2.10. The van der Waals surface area contributed by atoms with Gasteiger partial charge in [-0.1, -0.05) is 30.7 Å². The molecule has 1 aromatic heterocycles. The second kappa shape index (κ2) is 6.85. The number of aromatic nitrogens is 3. The number of benzene rings is 1. The van der Waals surface area contributed by atoms with Crippen molar-refractivity contribution in [3.8, 4) is 5.75 Å². The van der Waals surface area contributed by atoms with Gasteiger partial charge >= 0.3 is 0 Å². The van der Waals surface area contributed by atoms with Crippen molar-refractivity contribution < 1.29 is 4.74 Å². The average Bonchev–Trinajstić information content (AvgIpc) is 2.78. The van der Waals surface area contributed by atoms with E-state index < -0.39 is 0 Å². The van der Waals surface area contributed by atoms with Crippen LogP contribution in [-0.4, -0.2) is 21.6 Å². The molecule has 0 saturated carbocycles. The molecule has 0 aliphatic heterocycles. The van der Waals surface area contributed by atoms with Crippen molar-refractivity contribution in [3.05, 3.63) is 40.1 Å². The van der Waals surface area contributed by atoms with Crippen LogP contribution in [0.1, 0.15) is 37.1 Å². The van der Waals surface area contributed by atoms with Gasteiger partial charge in [-0.25, -0.2) is 4.68 Å². The molecule has 6 heteroatoms. The summed E-state index contributed by atoms with van der Waals surface area (Å²) in [4.78, 5) is 0. The van der Waals surface area contributed by atoms with E-state index in [1.807, 2.05) is 31.3 Å². The molecule has 1 aromatic carbocycles. The lowest BCUT2D eigenvalue weighted by atomic mass is 10.1. The molecule has 0 bridgehead atoms. The maximum Gasteiger partial charge on any atom is 0.153 e. The van der Waals surface area contributed by atoms with E-state index in [0.717, 1.165) is 36.5 Å². The predicted molar refractivity (Wildman–Crippen MR) is 81.6 cm³/mol. The summed E-state index contributed by atoms with van der Waals surface area (Å²) in [5.74, 6) is 0.872. The molecular weight excluding hydrogens is 320 g/mol. The summed E-state index contributed by atoms with van der Waals surface area (Å²) in [5, 5.41) is 7.90. The van der Waals surface area contributed by atoms with E-state index in [-0.39, 0.29) is 6.04 Å². The summed E-state index contributed by atoms with van der Waals surface area (Å²) in [5.41, 5.74) is 8.11. The molecule has 1 unspecified atom stereocenters. The highest BCUT2D eigenvalue weighted by atomic mass is 79.9. The zero-order valence-corrected chi connectivity index (χ0v) is 13.3. The first-order valence-electron chi connectivity index (χ1n) is 6.67. The van der Waals surface area contributed by atoms with Gasteiger partial charge in [0.15, 0.2) is 4.60 Å². The van der Waals surface area contributed by atoms with Crippen LogP contribution in [0.25, 0.3) is 0 Å². The Morgan fingerprint density at radius 3 is 2.60 bits per heavy atom. The molecule has 2 aromatic rings. The molecule has 2 rings (SSSR count). The molecule has 1 atom stereocenters. The molecule has 0 aliphatic carbocycles. The molecular formula is C14H19BrN4O. The highest BCUT2D eigenvalue weighted by Gasteiger charge is 2.18. The van der Waals surface area contributed by atoms with E-state index in [1.165, 1.54) is 0 Å². The molecule has 0 spiro atoms. The number of halogens is 1. The number of rotatable bonds is 6. The molecule has 108 valence electrons. The Morgan fingerprint density at radius 1 is 1.35 bits per heavy atom. The summed E-state index contributed by atoms with van der Waals surface area (Å²) in [7, 11) is 1.83. The van der Waals surface area contributed by atoms with Gasteiger partial charge in [-0.15, -0.1) is 5.10 Å². The van der Waals surface area contributed by atoms with Gasteiger partial charge in [0.05, 0.1) is 18.3 Å². The van der Waals surface area contributed by atoms with Crippen LogP contribution in [-0.2, 0) is 7.05 Å². The van der Waals surface area contributed by atoms with Gasteiger partial charge < -0.3 is 10.5 Å². The molecule has 0 fully saturated rings. The maximum absolute atomic E-state index is 6.26. The Bertz CT molecular complexity index is 533. The van der Waals surface area contributed by atoms with Crippen molar-refractivity contribution >= 4 is 15.9 Å². The number of hydrogen-bond acceptors (Lipinski definition) is 4. The van der Waals surface area contributed by atoms with E-state index in [2.05, 4.69) is 33.2 Å². The molecule has 0 amide bonds. The van der Waals surface area contributed by atoms with Crippen molar-refractivity contribution in [3.63, 3.8) is 0 Å². The van der Waals surface area contributed by atoms with Gasteiger partial charge in [0, 0.05) is 7.05 Å². The third-order valence-corrected chi connectivity index (χ3v) is 3.69. The third kappa shape index (κ3) is 3.37. The lowest BCUT2D eigenvalue weighted by Crippen LogP contribution is -2.16. The first-order chi connectivity index (χ1) is 9.63. The van der Waals surface area contributed by atoms with Gasteiger partial charge in [0.2, 0.25) is 0 Å². The lowest BCUT2D eigenvalue weighted by Gasteiger charge is -2.13. The van der Waals surface area contributed by atoms with Crippen molar-refractivity contribution in [1.29, 1.82) is 0 Å². The minimum Gasteiger partial charge on any atom is -0.494 e. The van der Waals surface area contributed by atoms with E-state index in [4.69, 9.17) is 10.5 Å². The summed E-state index contributed by atoms with van der Waals surface area (Å²) in [6, 6.07) is 7.58. The van der Waals surface area contributed by atoms with E-state index in [9.17, 15) is 0 Å². The zero-order chi connectivity index (χ0) is 14.5. The van der Waals surface area contributed by atoms with Crippen LogP contribution in [0.4, 0.5) is 0 Å². The maximum atomic E-state index is 6.26. The Hall–Kier alpha value is -1.40. The fourth-order valence-corrected chi connectivity index (χ4v) is 2.51. The van der Waals surface area contributed by atoms with Crippen LogP contribution in [0.3, 0.4) is 0 Å². The monoisotopic (exact) mass is 338 g/mol. The lowest BCUT2D eigenvalue weighted by molar-refractivity contribution is 0.309. The van der Waals surface area contributed by atoms with Gasteiger partial charge in [0.25, 0.3) is 0 Å². The predicted octanol–water partition coefficient (Wildman–Crippen LogP) is 2.80. The fourth-order valence-electron chi connectivity index (χ4n) is 1.93. The first kappa shape index (κ1) is 15.0. The second-order valence-electron chi connectivity index (χ2n) is 4.64. The SMILES string of the molecule is CCCCOc1ccc(C(N)c2c(Br)nnn2C)cc1. The molecule has 1 heterocycles. The summed E-state index contributed by atoms with van der Waals surface area (Å²) >= 11 is 3.37. The first-order valence-corrected chi connectivity index (χ1v) is 7.46. The quantitative estimate of drug-likeness (QED) is 0.822. The normalized spacial score (nSPS) is 12.4. The average molecular weight is 339 g/mol. The van der Waals surface area contributed by atoms with Crippen LogP contribution < -0.4 is 10.5 Å².